The molecule has 1 unspecified atom stereocenters. The molecule has 3 nitrogen and oxygen atoms in total. The molecule has 1 rings (SSSR count). The summed E-state index contributed by atoms with van der Waals surface area (Å²) in [5.74, 6) is 0. The molecule has 0 saturated heterocycles. The Bertz CT molecular complexity index is 323. The standard InChI is InChI=1S/C12H19NO2/c1-9-6-11(8-14)4-5-12(9)13(3)7-10(2)15/h4-6,10,14-15H,7-8H2,1-3H3. The minimum Gasteiger partial charge on any atom is -0.392 e. The summed E-state index contributed by atoms with van der Waals surface area (Å²) < 4.78 is 0. The molecule has 1 atom stereocenters. The maximum atomic E-state index is 9.29. The Balaban J connectivity index is 2.85. The molecule has 0 radical (unpaired) electrons. The van der Waals surface area contributed by atoms with Gasteiger partial charge < -0.3 is 15.1 Å². The van der Waals surface area contributed by atoms with Crippen molar-refractivity contribution in [2.24, 2.45) is 0 Å². The molecule has 0 bridgehead atoms. The van der Waals surface area contributed by atoms with Gasteiger partial charge in [-0.3, -0.25) is 0 Å². The molecule has 0 heterocycles. The van der Waals surface area contributed by atoms with E-state index in [9.17, 15) is 5.11 Å². The van der Waals surface area contributed by atoms with Gasteiger partial charge in [0.1, 0.15) is 0 Å². The van der Waals surface area contributed by atoms with E-state index in [-0.39, 0.29) is 12.7 Å². The molecule has 3 heteroatoms. The summed E-state index contributed by atoms with van der Waals surface area (Å²) in [6.07, 6.45) is -0.341. The van der Waals surface area contributed by atoms with Crippen LogP contribution in [0.4, 0.5) is 5.69 Å². The summed E-state index contributed by atoms with van der Waals surface area (Å²) in [5.41, 5.74) is 3.12. The lowest BCUT2D eigenvalue weighted by molar-refractivity contribution is 0.201. The molecular weight excluding hydrogens is 190 g/mol. The van der Waals surface area contributed by atoms with Gasteiger partial charge in [0.25, 0.3) is 0 Å². The van der Waals surface area contributed by atoms with E-state index >= 15 is 0 Å². The zero-order valence-corrected chi connectivity index (χ0v) is 9.57. The largest absolute Gasteiger partial charge is 0.392 e. The number of hydrogen-bond donors (Lipinski definition) is 2. The summed E-state index contributed by atoms with van der Waals surface area (Å²) in [5, 5.41) is 18.3. The van der Waals surface area contributed by atoms with Crippen molar-refractivity contribution in [1.29, 1.82) is 0 Å². The lowest BCUT2D eigenvalue weighted by Crippen LogP contribution is -2.27. The van der Waals surface area contributed by atoms with Crippen molar-refractivity contribution in [3.8, 4) is 0 Å². The number of likely N-dealkylation sites (N-methyl/N-ethyl adjacent to an activating group) is 1. The fourth-order valence-corrected chi connectivity index (χ4v) is 1.74. The second-order valence-electron chi connectivity index (χ2n) is 4.01. The lowest BCUT2D eigenvalue weighted by Gasteiger charge is -2.23. The van der Waals surface area contributed by atoms with Crippen molar-refractivity contribution in [3.63, 3.8) is 0 Å². The second-order valence-corrected chi connectivity index (χ2v) is 4.01. The molecule has 0 aliphatic carbocycles. The van der Waals surface area contributed by atoms with E-state index in [1.807, 2.05) is 37.1 Å². The Kier molecular flexibility index (Phi) is 4.12. The Morgan fingerprint density at radius 1 is 1.40 bits per heavy atom. The first-order chi connectivity index (χ1) is 7.04. The van der Waals surface area contributed by atoms with Crippen molar-refractivity contribution in [3.05, 3.63) is 29.3 Å². The number of nitrogens with zero attached hydrogens (tertiary/aromatic N) is 1. The fourth-order valence-electron chi connectivity index (χ4n) is 1.74. The monoisotopic (exact) mass is 209 g/mol. The number of rotatable bonds is 4. The predicted octanol–water partition coefficient (Wildman–Crippen LogP) is 1.30. The molecule has 0 fully saturated rings. The summed E-state index contributed by atoms with van der Waals surface area (Å²) in [7, 11) is 1.95. The van der Waals surface area contributed by atoms with Gasteiger partial charge in [0.05, 0.1) is 12.7 Å². The van der Waals surface area contributed by atoms with Gasteiger partial charge >= 0.3 is 0 Å². The van der Waals surface area contributed by atoms with Crippen LogP contribution in [0.2, 0.25) is 0 Å². The van der Waals surface area contributed by atoms with E-state index < -0.39 is 0 Å². The smallest absolute Gasteiger partial charge is 0.0686 e. The number of hydrogen-bond acceptors (Lipinski definition) is 3. The third kappa shape index (κ3) is 3.22. The average Bonchev–Trinajstić information content (AvgIpc) is 2.16. The zero-order valence-electron chi connectivity index (χ0n) is 9.57. The number of anilines is 1. The van der Waals surface area contributed by atoms with Gasteiger partial charge in [0.2, 0.25) is 0 Å². The maximum absolute atomic E-state index is 9.29. The van der Waals surface area contributed by atoms with Crippen LogP contribution in [0.3, 0.4) is 0 Å². The Morgan fingerprint density at radius 2 is 2.07 bits per heavy atom. The summed E-state index contributed by atoms with van der Waals surface area (Å²) >= 11 is 0. The highest BCUT2D eigenvalue weighted by atomic mass is 16.3. The van der Waals surface area contributed by atoms with Crippen LogP contribution >= 0.6 is 0 Å². The quantitative estimate of drug-likeness (QED) is 0.785. The average molecular weight is 209 g/mol. The molecule has 0 amide bonds. The van der Waals surface area contributed by atoms with Gasteiger partial charge in [-0.05, 0) is 31.0 Å². The van der Waals surface area contributed by atoms with Crippen molar-refractivity contribution in [1.82, 2.24) is 0 Å². The molecule has 84 valence electrons. The van der Waals surface area contributed by atoms with Crippen LogP contribution in [0.1, 0.15) is 18.1 Å². The van der Waals surface area contributed by atoms with E-state index in [0.29, 0.717) is 6.54 Å². The highest BCUT2D eigenvalue weighted by Crippen LogP contribution is 2.20. The van der Waals surface area contributed by atoms with Crippen molar-refractivity contribution in [2.75, 3.05) is 18.5 Å². The Hall–Kier alpha value is -1.06. The van der Waals surface area contributed by atoms with Gasteiger partial charge in [0, 0.05) is 19.3 Å². The topological polar surface area (TPSA) is 43.7 Å². The normalized spacial score (nSPS) is 12.6. The van der Waals surface area contributed by atoms with Gasteiger partial charge in [-0.1, -0.05) is 12.1 Å². The highest BCUT2D eigenvalue weighted by Gasteiger charge is 2.07. The van der Waals surface area contributed by atoms with Crippen molar-refractivity contribution < 1.29 is 10.2 Å². The van der Waals surface area contributed by atoms with Crippen LogP contribution in [0.5, 0.6) is 0 Å². The van der Waals surface area contributed by atoms with Gasteiger partial charge in [-0.25, -0.2) is 0 Å². The maximum Gasteiger partial charge on any atom is 0.0686 e. The minimum absolute atomic E-state index is 0.0707. The molecule has 0 aromatic heterocycles. The van der Waals surface area contributed by atoms with Crippen LogP contribution < -0.4 is 4.90 Å². The van der Waals surface area contributed by atoms with Crippen LogP contribution in [0.15, 0.2) is 18.2 Å². The molecule has 15 heavy (non-hydrogen) atoms. The fraction of sp³-hybridized carbons (Fsp3) is 0.500. The third-order valence-corrected chi connectivity index (χ3v) is 2.39. The van der Waals surface area contributed by atoms with E-state index in [0.717, 1.165) is 16.8 Å². The molecule has 1 aromatic rings. The number of aryl methyl sites for hydroxylation is 1. The van der Waals surface area contributed by atoms with Crippen LogP contribution in [-0.4, -0.2) is 29.9 Å². The van der Waals surface area contributed by atoms with Gasteiger partial charge in [0.15, 0.2) is 0 Å². The third-order valence-electron chi connectivity index (χ3n) is 2.39. The molecule has 0 aliphatic rings. The number of aliphatic hydroxyl groups excluding tert-OH is 2. The predicted molar refractivity (Wildman–Crippen MR) is 62.1 cm³/mol. The lowest BCUT2D eigenvalue weighted by atomic mass is 10.1. The van der Waals surface area contributed by atoms with Gasteiger partial charge in [-0.2, -0.15) is 0 Å². The summed E-state index contributed by atoms with van der Waals surface area (Å²) in [6.45, 7) is 4.46. The minimum atomic E-state index is -0.341. The Labute approximate surface area is 91.0 Å². The summed E-state index contributed by atoms with van der Waals surface area (Å²) in [6, 6.07) is 5.85. The van der Waals surface area contributed by atoms with Crippen LogP contribution in [0, 0.1) is 6.92 Å². The first kappa shape index (κ1) is 12.0. The van der Waals surface area contributed by atoms with E-state index in [1.54, 1.807) is 6.92 Å². The van der Waals surface area contributed by atoms with Crippen LogP contribution in [0.25, 0.3) is 0 Å². The SMILES string of the molecule is Cc1cc(CO)ccc1N(C)CC(C)O. The molecule has 2 N–H and O–H groups in total. The number of aliphatic hydroxyl groups is 2. The molecule has 1 aromatic carbocycles. The van der Waals surface area contributed by atoms with E-state index in [1.165, 1.54) is 0 Å². The van der Waals surface area contributed by atoms with E-state index in [2.05, 4.69) is 0 Å². The van der Waals surface area contributed by atoms with Crippen molar-refractivity contribution in [2.45, 2.75) is 26.6 Å². The molecule has 0 saturated carbocycles. The first-order valence-corrected chi connectivity index (χ1v) is 5.14. The highest BCUT2D eigenvalue weighted by molar-refractivity contribution is 5.53. The molecular formula is C12H19NO2. The zero-order chi connectivity index (χ0) is 11.4. The number of benzene rings is 1. The molecule has 0 spiro atoms. The van der Waals surface area contributed by atoms with Crippen molar-refractivity contribution >= 4 is 5.69 Å². The molecule has 0 aliphatic heterocycles. The second kappa shape index (κ2) is 5.14. The first-order valence-electron chi connectivity index (χ1n) is 5.14. The Morgan fingerprint density at radius 3 is 2.53 bits per heavy atom. The van der Waals surface area contributed by atoms with Crippen LogP contribution in [-0.2, 0) is 6.61 Å². The summed E-state index contributed by atoms with van der Waals surface area (Å²) in [4.78, 5) is 2.02. The van der Waals surface area contributed by atoms with E-state index in [4.69, 9.17) is 5.11 Å². The van der Waals surface area contributed by atoms with Gasteiger partial charge in [-0.15, -0.1) is 0 Å².